The first-order valence-electron chi connectivity index (χ1n) is 16.2. The molecule has 1 fully saturated rings. The quantitative estimate of drug-likeness (QED) is 0.0803. The molecule has 0 amide bonds. The first-order valence-corrected chi connectivity index (χ1v) is 16.2. The lowest BCUT2D eigenvalue weighted by molar-refractivity contribution is -0.162. The zero-order valence-electron chi connectivity index (χ0n) is 26.5. The second-order valence-electron chi connectivity index (χ2n) is 11.4. The van der Waals surface area contributed by atoms with Gasteiger partial charge in [0, 0.05) is 38.4 Å². The number of ether oxygens (including phenoxy) is 2. The van der Waals surface area contributed by atoms with Gasteiger partial charge in [0.15, 0.2) is 17.9 Å². The molecule has 1 aliphatic heterocycles. The number of aromatic amines is 1. The van der Waals surface area contributed by atoms with Gasteiger partial charge < -0.3 is 24.1 Å². The number of carbonyl (C=O) groups is 2. The van der Waals surface area contributed by atoms with Crippen LogP contribution in [-0.4, -0.2) is 62.3 Å². The topological polar surface area (TPSA) is 119 Å². The number of benzene rings is 3. The fourth-order valence-corrected chi connectivity index (χ4v) is 5.83. The average Bonchev–Trinajstić information content (AvgIpc) is 3.86. The van der Waals surface area contributed by atoms with Crippen molar-refractivity contribution >= 4 is 11.6 Å². The Labute approximate surface area is 275 Å². The molecule has 9 heteroatoms. The highest BCUT2D eigenvalue weighted by Crippen LogP contribution is 2.40. The fraction of sp³-hybridized carbons (Fsp3) is 0.316. The summed E-state index contributed by atoms with van der Waals surface area (Å²) in [5.41, 5.74) is 3.53. The highest BCUT2D eigenvalue weighted by Gasteiger charge is 2.38. The van der Waals surface area contributed by atoms with Gasteiger partial charge in [-0.3, -0.25) is 9.59 Å². The average molecular weight is 635 g/mol. The number of H-pyrrole nitrogens is 1. The van der Waals surface area contributed by atoms with E-state index >= 15 is 0 Å². The molecule has 1 saturated heterocycles. The summed E-state index contributed by atoms with van der Waals surface area (Å²) in [7, 11) is 0. The Morgan fingerprint density at radius 2 is 1.43 bits per heavy atom. The van der Waals surface area contributed by atoms with Crippen LogP contribution in [0.25, 0.3) is 0 Å². The second kappa shape index (κ2) is 17.3. The van der Waals surface area contributed by atoms with Crippen LogP contribution in [0.3, 0.4) is 0 Å². The van der Waals surface area contributed by atoms with Crippen LogP contribution in [-0.2, 0) is 15.0 Å². The maximum Gasteiger partial charge on any atom is 0.182 e. The minimum Gasteiger partial charge on any atom is -0.396 e. The van der Waals surface area contributed by atoms with Gasteiger partial charge in [-0.25, -0.2) is 9.97 Å². The van der Waals surface area contributed by atoms with Gasteiger partial charge in [-0.2, -0.15) is 0 Å². The summed E-state index contributed by atoms with van der Waals surface area (Å²) in [6.45, 7) is 1.32. The molecule has 2 N–H and O–H groups in total. The number of Topliss-reactive ketones (excluding diaryl/α,β-unsaturated/α-hetero) is 2. The summed E-state index contributed by atoms with van der Waals surface area (Å²) < 4.78 is 13.5. The van der Waals surface area contributed by atoms with Crippen molar-refractivity contribution in [2.24, 2.45) is 0 Å². The van der Waals surface area contributed by atoms with Crippen LogP contribution < -0.4 is 0 Å². The van der Waals surface area contributed by atoms with Gasteiger partial charge in [0.05, 0.1) is 19.3 Å². The highest BCUT2D eigenvalue weighted by atomic mass is 16.7. The zero-order chi connectivity index (χ0) is 32.7. The van der Waals surface area contributed by atoms with Crippen LogP contribution in [0.4, 0.5) is 0 Å². The van der Waals surface area contributed by atoms with E-state index in [-0.39, 0.29) is 24.5 Å². The lowest BCUT2D eigenvalue weighted by Crippen LogP contribution is -2.37. The fourth-order valence-electron chi connectivity index (χ4n) is 5.83. The molecule has 9 nitrogen and oxygen atoms in total. The second-order valence-corrected chi connectivity index (χ2v) is 11.4. The SMILES string of the molecule is O=C(CCCO)c1c[nH]cn1.O=C(CCCOC1CCCCO1)c1cn(C(c2ccccc2)(c2ccccc2)c2ccccc2)cn1. The van der Waals surface area contributed by atoms with Crippen molar-refractivity contribution in [3.8, 4) is 0 Å². The predicted molar refractivity (Wildman–Crippen MR) is 179 cm³/mol. The normalized spacial score (nSPS) is 14.6. The molecule has 1 aliphatic rings. The molecule has 0 spiro atoms. The lowest BCUT2D eigenvalue weighted by Gasteiger charge is -2.37. The Balaban J connectivity index is 0.000000335. The number of carbonyl (C=O) groups excluding carboxylic acids is 2. The zero-order valence-corrected chi connectivity index (χ0v) is 26.5. The molecule has 2 aromatic heterocycles. The van der Waals surface area contributed by atoms with E-state index in [0.29, 0.717) is 43.7 Å². The first-order chi connectivity index (χ1) is 23.1. The number of imidazole rings is 2. The van der Waals surface area contributed by atoms with Crippen LogP contribution in [0, 0.1) is 0 Å². The summed E-state index contributed by atoms with van der Waals surface area (Å²) in [5.74, 6) is -0.00898. The van der Waals surface area contributed by atoms with Gasteiger partial charge >= 0.3 is 0 Å². The summed E-state index contributed by atoms with van der Waals surface area (Å²) >= 11 is 0. The molecule has 0 radical (unpaired) electrons. The molecule has 3 heterocycles. The van der Waals surface area contributed by atoms with Crippen molar-refractivity contribution in [1.82, 2.24) is 19.5 Å². The molecule has 5 aromatic rings. The maximum absolute atomic E-state index is 13.1. The van der Waals surface area contributed by atoms with E-state index in [2.05, 4.69) is 92.3 Å². The molecule has 6 rings (SSSR count). The molecule has 1 atom stereocenters. The van der Waals surface area contributed by atoms with E-state index < -0.39 is 5.54 Å². The largest absolute Gasteiger partial charge is 0.396 e. The summed E-state index contributed by atoms with van der Waals surface area (Å²) in [4.78, 5) is 35.2. The molecule has 244 valence electrons. The summed E-state index contributed by atoms with van der Waals surface area (Å²) in [5, 5.41) is 8.43. The number of ketones is 2. The van der Waals surface area contributed by atoms with E-state index in [0.717, 1.165) is 42.6 Å². The molecule has 3 aromatic carbocycles. The number of hydrogen-bond donors (Lipinski definition) is 2. The summed E-state index contributed by atoms with van der Waals surface area (Å²) in [6.07, 6.45) is 11.6. The third-order valence-corrected chi connectivity index (χ3v) is 8.17. The van der Waals surface area contributed by atoms with E-state index in [1.807, 2.05) is 24.4 Å². The van der Waals surface area contributed by atoms with Crippen molar-refractivity contribution < 1.29 is 24.2 Å². The molecule has 0 bridgehead atoms. The standard InChI is InChI=1S/C31H32N2O3.C7H10N2O2/c34-29(19-12-22-36-30-20-10-11-21-35-30)28-23-33(24-32-28)31(25-13-4-1-5-14-25,26-15-6-2-7-16-26)27-17-8-3-9-18-27;10-3-1-2-7(11)6-4-8-5-9-6/h1-9,13-18,23-24,30H,10-12,19-22H2;4-5,10H,1-3H2,(H,8,9). The lowest BCUT2D eigenvalue weighted by atomic mass is 9.77. The number of nitrogens with zero attached hydrogens (tertiary/aromatic N) is 3. The minimum absolute atomic E-state index is 0.0185. The van der Waals surface area contributed by atoms with Crippen LogP contribution in [0.15, 0.2) is 116 Å². The number of aliphatic hydroxyl groups excluding tert-OH is 1. The molecular weight excluding hydrogens is 592 g/mol. The molecule has 1 unspecified atom stereocenters. The van der Waals surface area contributed by atoms with E-state index in [1.54, 1.807) is 12.5 Å². The predicted octanol–water partition coefficient (Wildman–Crippen LogP) is 6.59. The Kier molecular flexibility index (Phi) is 12.4. The Bertz CT molecular complexity index is 1540. The van der Waals surface area contributed by atoms with Crippen LogP contribution in [0.2, 0.25) is 0 Å². The number of aliphatic hydroxyl groups is 1. The Hall–Kier alpha value is -4.70. The minimum atomic E-state index is -0.670. The van der Waals surface area contributed by atoms with E-state index in [9.17, 15) is 9.59 Å². The Morgan fingerprint density at radius 3 is 1.96 bits per heavy atom. The number of rotatable bonds is 14. The van der Waals surface area contributed by atoms with Crippen LogP contribution in [0.1, 0.15) is 82.6 Å². The van der Waals surface area contributed by atoms with E-state index in [1.165, 1.54) is 6.33 Å². The van der Waals surface area contributed by atoms with Gasteiger partial charge in [0.1, 0.15) is 16.9 Å². The monoisotopic (exact) mass is 634 g/mol. The van der Waals surface area contributed by atoms with Gasteiger partial charge in [0.2, 0.25) is 0 Å². The van der Waals surface area contributed by atoms with Crippen molar-refractivity contribution in [2.45, 2.75) is 56.8 Å². The molecule has 47 heavy (non-hydrogen) atoms. The third kappa shape index (κ3) is 8.56. The van der Waals surface area contributed by atoms with Gasteiger partial charge in [-0.05, 0) is 48.8 Å². The number of hydrogen-bond acceptors (Lipinski definition) is 7. The van der Waals surface area contributed by atoms with Crippen LogP contribution >= 0.6 is 0 Å². The first kappa shape index (κ1) is 33.7. The van der Waals surface area contributed by atoms with Gasteiger partial charge in [0.25, 0.3) is 0 Å². The molecule has 0 saturated carbocycles. The maximum atomic E-state index is 13.1. The van der Waals surface area contributed by atoms with Crippen LogP contribution in [0.5, 0.6) is 0 Å². The highest BCUT2D eigenvalue weighted by molar-refractivity contribution is 5.94. The van der Waals surface area contributed by atoms with Gasteiger partial charge in [-0.15, -0.1) is 0 Å². The molecular formula is C38H42N4O5. The smallest absolute Gasteiger partial charge is 0.182 e. The van der Waals surface area contributed by atoms with Gasteiger partial charge in [-0.1, -0.05) is 91.0 Å². The van der Waals surface area contributed by atoms with Crippen molar-refractivity contribution in [3.63, 3.8) is 0 Å². The van der Waals surface area contributed by atoms with Crippen molar-refractivity contribution in [3.05, 3.63) is 144 Å². The Morgan fingerprint density at radius 1 is 0.830 bits per heavy atom. The van der Waals surface area contributed by atoms with Crippen molar-refractivity contribution in [2.75, 3.05) is 19.8 Å². The summed E-state index contributed by atoms with van der Waals surface area (Å²) in [6, 6.07) is 31.2. The van der Waals surface area contributed by atoms with E-state index in [4.69, 9.17) is 14.6 Å². The number of nitrogens with one attached hydrogen (secondary N) is 1. The number of aromatic nitrogens is 4. The van der Waals surface area contributed by atoms with Crippen molar-refractivity contribution in [1.29, 1.82) is 0 Å². The molecule has 0 aliphatic carbocycles. The third-order valence-electron chi connectivity index (χ3n) is 8.17.